The smallest absolute Gasteiger partial charge is 0.338 e. The van der Waals surface area contributed by atoms with Crippen molar-refractivity contribution in [1.82, 2.24) is 0 Å². The molecule has 174 valence electrons. The number of hydrogen-bond acceptors (Lipinski definition) is 4. The van der Waals surface area contributed by atoms with Crippen molar-refractivity contribution >= 4 is 11.9 Å². The first-order valence-electron chi connectivity index (χ1n) is 12.6. The Morgan fingerprint density at radius 2 is 1.29 bits per heavy atom. The fourth-order valence-electron chi connectivity index (χ4n) is 4.34. The number of carbonyl (C=O) groups is 2. The van der Waals surface area contributed by atoms with Gasteiger partial charge in [-0.25, -0.2) is 9.59 Å². The summed E-state index contributed by atoms with van der Waals surface area (Å²) in [6.07, 6.45) is 17.2. The van der Waals surface area contributed by atoms with Gasteiger partial charge >= 0.3 is 11.9 Å². The third kappa shape index (κ3) is 9.88. The van der Waals surface area contributed by atoms with E-state index in [1.54, 1.807) is 24.3 Å². The zero-order valence-electron chi connectivity index (χ0n) is 19.7. The number of benzene rings is 1. The van der Waals surface area contributed by atoms with Crippen LogP contribution in [0.1, 0.15) is 124 Å². The molecule has 31 heavy (non-hydrogen) atoms. The van der Waals surface area contributed by atoms with Crippen LogP contribution < -0.4 is 0 Å². The van der Waals surface area contributed by atoms with Crippen molar-refractivity contribution < 1.29 is 19.1 Å². The van der Waals surface area contributed by atoms with Crippen molar-refractivity contribution in [3.8, 4) is 0 Å². The third-order valence-corrected chi connectivity index (χ3v) is 6.44. The monoisotopic (exact) mass is 430 g/mol. The SMILES string of the molecule is CCCCCCCCCCCCOC(=O)c1ccc(C(=O)OC(C)C2CCCC2)cc1. The van der Waals surface area contributed by atoms with E-state index in [2.05, 4.69) is 6.92 Å². The highest BCUT2D eigenvalue weighted by atomic mass is 16.5. The molecule has 1 aliphatic carbocycles. The highest BCUT2D eigenvalue weighted by molar-refractivity contribution is 5.93. The first kappa shape index (κ1) is 25.4. The van der Waals surface area contributed by atoms with Gasteiger partial charge in [-0.15, -0.1) is 0 Å². The normalized spacial score (nSPS) is 15.0. The lowest BCUT2D eigenvalue weighted by atomic mass is 10.0. The van der Waals surface area contributed by atoms with E-state index in [4.69, 9.17) is 9.47 Å². The molecule has 0 radical (unpaired) electrons. The van der Waals surface area contributed by atoms with Gasteiger partial charge in [-0.05, 0) is 56.4 Å². The lowest BCUT2D eigenvalue weighted by Gasteiger charge is -2.19. The summed E-state index contributed by atoms with van der Waals surface area (Å²) in [7, 11) is 0. The number of rotatable bonds is 15. The number of unbranched alkanes of at least 4 members (excludes halogenated alkanes) is 9. The van der Waals surface area contributed by atoms with Crippen LogP contribution in [-0.4, -0.2) is 24.6 Å². The molecule has 1 aromatic carbocycles. The standard InChI is InChI=1S/C27H42O4/c1-3-4-5-6-7-8-9-10-11-14-21-30-26(28)24-17-19-25(20-18-24)27(29)31-22(2)23-15-12-13-16-23/h17-20,22-23H,3-16,21H2,1-2H3. The van der Waals surface area contributed by atoms with E-state index < -0.39 is 0 Å². The van der Waals surface area contributed by atoms with Crippen LogP contribution in [0, 0.1) is 5.92 Å². The molecule has 4 nitrogen and oxygen atoms in total. The Labute approximate surface area is 189 Å². The van der Waals surface area contributed by atoms with Crippen molar-refractivity contribution in [2.24, 2.45) is 5.92 Å². The molecular formula is C27H42O4. The molecule has 4 heteroatoms. The van der Waals surface area contributed by atoms with Gasteiger partial charge in [0.1, 0.15) is 6.10 Å². The quantitative estimate of drug-likeness (QED) is 0.213. The van der Waals surface area contributed by atoms with Crippen LogP contribution in [0.3, 0.4) is 0 Å². The largest absolute Gasteiger partial charge is 0.462 e. The topological polar surface area (TPSA) is 52.6 Å². The molecule has 0 aliphatic heterocycles. The summed E-state index contributed by atoms with van der Waals surface area (Å²) in [5, 5.41) is 0. The summed E-state index contributed by atoms with van der Waals surface area (Å²) < 4.78 is 11.0. The molecule has 1 aliphatic rings. The van der Waals surface area contributed by atoms with Crippen LogP contribution in [0.15, 0.2) is 24.3 Å². The fourth-order valence-corrected chi connectivity index (χ4v) is 4.34. The summed E-state index contributed by atoms with van der Waals surface area (Å²) in [4.78, 5) is 24.5. The van der Waals surface area contributed by atoms with Crippen molar-refractivity contribution in [2.45, 2.75) is 110 Å². The minimum Gasteiger partial charge on any atom is -0.462 e. The molecule has 0 amide bonds. The third-order valence-electron chi connectivity index (χ3n) is 6.44. The minimum absolute atomic E-state index is 0.0549. The van der Waals surface area contributed by atoms with Crippen molar-refractivity contribution in [2.75, 3.05) is 6.61 Å². The summed E-state index contributed by atoms with van der Waals surface area (Å²) in [6, 6.07) is 6.61. The highest BCUT2D eigenvalue weighted by Gasteiger charge is 2.25. The maximum Gasteiger partial charge on any atom is 0.338 e. The Hall–Kier alpha value is -1.84. The summed E-state index contributed by atoms with van der Waals surface area (Å²) in [5.41, 5.74) is 0.962. The molecule has 1 fully saturated rings. The van der Waals surface area contributed by atoms with Crippen LogP contribution in [0.2, 0.25) is 0 Å². The molecule has 0 spiro atoms. The Bertz CT molecular complexity index is 631. The Morgan fingerprint density at radius 3 is 1.84 bits per heavy atom. The number of hydrogen-bond donors (Lipinski definition) is 0. The zero-order valence-corrected chi connectivity index (χ0v) is 19.7. The molecule has 0 heterocycles. The van der Waals surface area contributed by atoms with Crippen LogP contribution >= 0.6 is 0 Å². The zero-order chi connectivity index (χ0) is 22.3. The maximum absolute atomic E-state index is 12.3. The van der Waals surface area contributed by atoms with Gasteiger partial charge in [-0.3, -0.25) is 0 Å². The van der Waals surface area contributed by atoms with Gasteiger partial charge in [0.05, 0.1) is 17.7 Å². The first-order chi connectivity index (χ1) is 15.1. The maximum atomic E-state index is 12.3. The lowest BCUT2D eigenvalue weighted by Crippen LogP contribution is -2.22. The van der Waals surface area contributed by atoms with Crippen molar-refractivity contribution in [1.29, 1.82) is 0 Å². The van der Waals surface area contributed by atoms with Crippen LogP contribution in [-0.2, 0) is 9.47 Å². The predicted octanol–water partition coefficient (Wildman–Crippen LogP) is 7.50. The molecule has 0 bridgehead atoms. The molecule has 0 saturated heterocycles. The molecular weight excluding hydrogens is 388 g/mol. The summed E-state index contributed by atoms with van der Waals surface area (Å²) in [6.45, 7) is 4.68. The van der Waals surface area contributed by atoms with E-state index >= 15 is 0 Å². The van der Waals surface area contributed by atoms with Crippen LogP contribution in [0.4, 0.5) is 0 Å². The van der Waals surface area contributed by atoms with Gasteiger partial charge in [0.25, 0.3) is 0 Å². The number of esters is 2. The van der Waals surface area contributed by atoms with Gasteiger partial charge in [0.15, 0.2) is 0 Å². The Morgan fingerprint density at radius 1 is 0.806 bits per heavy atom. The van der Waals surface area contributed by atoms with E-state index in [0.717, 1.165) is 25.7 Å². The molecule has 1 saturated carbocycles. The second-order valence-corrected chi connectivity index (χ2v) is 9.05. The number of ether oxygens (including phenoxy) is 2. The van der Waals surface area contributed by atoms with Crippen molar-refractivity contribution in [3.05, 3.63) is 35.4 Å². The fraction of sp³-hybridized carbons (Fsp3) is 0.704. The van der Waals surface area contributed by atoms with E-state index in [1.165, 1.54) is 64.2 Å². The van der Waals surface area contributed by atoms with Gasteiger partial charge in [0.2, 0.25) is 0 Å². The van der Waals surface area contributed by atoms with Gasteiger partial charge in [-0.1, -0.05) is 77.6 Å². The Kier molecular flexibility index (Phi) is 12.3. The summed E-state index contributed by atoms with van der Waals surface area (Å²) in [5.74, 6) is -0.163. The average molecular weight is 431 g/mol. The summed E-state index contributed by atoms with van der Waals surface area (Å²) >= 11 is 0. The molecule has 1 aromatic rings. The first-order valence-corrected chi connectivity index (χ1v) is 12.6. The highest BCUT2D eigenvalue weighted by Crippen LogP contribution is 2.29. The molecule has 0 N–H and O–H groups in total. The lowest BCUT2D eigenvalue weighted by molar-refractivity contribution is 0.0203. The van der Waals surface area contributed by atoms with Gasteiger partial charge in [-0.2, -0.15) is 0 Å². The van der Waals surface area contributed by atoms with E-state index in [9.17, 15) is 9.59 Å². The van der Waals surface area contributed by atoms with Crippen LogP contribution in [0.25, 0.3) is 0 Å². The average Bonchev–Trinajstić information content (AvgIpc) is 3.32. The second kappa shape index (κ2) is 15.0. The van der Waals surface area contributed by atoms with Gasteiger partial charge in [0, 0.05) is 0 Å². The van der Waals surface area contributed by atoms with E-state index in [1.807, 2.05) is 6.92 Å². The van der Waals surface area contributed by atoms with Crippen molar-refractivity contribution in [3.63, 3.8) is 0 Å². The molecule has 0 aromatic heterocycles. The van der Waals surface area contributed by atoms with Crippen LogP contribution in [0.5, 0.6) is 0 Å². The molecule has 1 unspecified atom stereocenters. The van der Waals surface area contributed by atoms with E-state index in [0.29, 0.717) is 23.7 Å². The number of carbonyl (C=O) groups excluding carboxylic acids is 2. The predicted molar refractivity (Wildman–Crippen MR) is 125 cm³/mol. The second-order valence-electron chi connectivity index (χ2n) is 9.05. The van der Waals surface area contributed by atoms with E-state index in [-0.39, 0.29) is 18.0 Å². The molecule has 2 rings (SSSR count). The minimum atomic E-state index is -0.324. The van der Waals surface area contributed by atoms with Gasteiger partial charge < -0.3 is 9.47 Å². The Balaban J connectivity index is 1.57. The molecule has 1 atom stereocenters.